The van der Waals surface area contributed by atoms with Gasteiger partial charge in [-0.15, -0.1) is 0 Å². The van der Waals surface area contributed by atoms with Crippen molar-refractivity contribution < 1.29 is 4.74 Å². The summed E-state index contributed by atoms with van der Waals surface area (Å²) in [5, 5.41) is 17.6. The smallest absolute Gasteiger partial charge is 0.266 e. The average molecular weight is 293 g/mol. The van der Waals surface area contributed by atoms with Crippen LogP contribution in [-0.4, -0.2) is 11.6 Å². The number of aromatic nitrogens is 1. The van der Waals surface area contributed by atoms with Crippen LogP contribution in [0.3, 0.4) is 0 Å². The zero-order valence-electron chi connectivity index (χ0n) is 12.2. The Hall–Kier alpha value is -3.05. The number of aromatic amines is 1. The van der Waals surface area contributed by atoms with Crippen molar-refractivity contribution in [3.8, 4) is 29.0 Å². The maximum absolute atomic E-state index is 11.8. The minimum Gasteiger partial charge on any atom is -0.494 e. The number of nitrogens with one attached hydrogen (secondary N) is 1. The summed E-state index contributed by atoms with van der Waals surface area (Å²) in [5.74, 6) is 0.696. The molecular formula is C17H15N3O2. The lowest BCUT2D eigenvalue weighted by molar-refractivity contribution is 0.313. The number of nitrogens with zero attached hydrogens (tertiary/aromatic N) is 2. The maximum Gasteiger partial charge on any atom is 0.266 e. The van der Waals surface area contributed by atoms with Crippen LogP contribution in [0, 0.1) is 29.6 Å². The standard InChI is InChI=1S/C17H15N3O2/c1-12-10-15(16(11-19)17(21)20-12)13-4-6-14(7-5-13)22-9-3-2-8-18/h4-7,10H,2-3,9H2,1H3,(H,20,21). The number of hydrogen-bond donors (Lipinski definition) is 1. The first kappa shape index (κ1) is 15.3. The quantitative estimate of drug-likeness (QED) is 0.858. The fourth-order valence-corrected chi connectivity index (χ4v) is 2.10. The van der Waals surface area contributed by atoms with Crippen LogP contribution >= 0.6 is 0 Å². The minimum atomic E-state index is -0.380. The lowest BCUT2D eigenvalue weighted by Gasteiger charge is -2.08. The zero-order chi connectivity index (χ0) is 15.9. The SMILES string of the molecule is Cc1cc(-c2ccc(OCCCC#N)cc2)c(C#N)c(=O)[nH]1. The third-order valence-corrected chi connectivity index (χ3v) is 3.15. The van der Waals surface area contributed by atoms with Gasteiger partial charge in [-0.25, -0.2) is 0 Å². The van der Waals surface area contributed by atoms with Crippen molar-refractivity contribution >= 4 is 0 Å². The van der Waals surface area contributed by atoms with E-state index < -0.39 is 0 Å². The molecule has 5 heteroatoms. The van der Waals surface area contributed by atoms with Crippen LogP contribution in [0.4, 0.5) is 0 Å². The molecule has 0 bridgehead atoms. The number of pyridine rings is 1. The van der Waals surface area contributed by atoms with Crippen molar-refractivity contribution in [3.63, 3.8) is 0 Å². The topological polar surface area (TPSA) is 89.7 Å². The largest absolute Gasteiger partial charge is 0.494 e. The summed E-state index contributed by atoms with van der Waals surface area (Å²) < 4.78 is 5.52. The van der Waals surface area contributed by atoms with Gasteiger partial charge in [-0.1, -0.05) is 12.1 Å². The predicted molar refractivity (Wildman–Crippen MR) is 82.3 cm³/mol. The Balaban J connectivity index is 2.23. The molecule has 2 rings (SSSR count). The van der Waals surface area contributed by atoms with Crippen LogP contribution in [0.2, 0.25) is 0 Å². The van der Waals surface area contributed by atoms with Gasteiger partial charge in [0.05, 0.1) is 12.7 Å². The number of ether oxygens (including phenoxy) is 1. The minimum absolute atomic E-state index is 0.105. The summed E-state index contributed by atoms with van der Waals surface area (Å²) in [6.07, 6.45) is 1.15. The van der Waals surface area contributed by atoms with E-state index in [2.05, 4.69) is 11.1 Å². The lowest BCUT2D eigenvalue weighted by Crippen LogP contribution is -2.12. The first-order valence-electron chi connectivity index (χ1n) is 6.90. The molecular weight excluding hydrogens is 278 g/mol. The van der Waals surface area contributed by atoms with Crippen molar-refractivity contribution in [1.29, 1.82) is 10.5 Å². The van der Waals surface area contributed by atoms with E-state index in [1.54, 1.807) is 25.1 Å². The van der Waals surface area contributed by atoms with Crippen LogP contribution in [0.5, 0.6) is 5.75 Å². The molecule has 1 heterocycles. The van der Waals surface area contributed by atoms with Crippen molar-refractivity contribution in [3.05, 3.63) is 51.9 Å². The molecule has 0 fully saturated rings. The summed E-state index contributed by atoms with van der Waals surface area (Å²) in [5.41, 5.74) is 1.83. The van der Waals surface area contributed by atoms with Crippen LogP contribution in [0.1, 0.15) is 24.1 Å². The van der Waals surface area contributed by atoms with Crippen LogP contribution < -0.4 is 10.3 Å². The Morgan fingerprint density at radius 2 is 1.95 bits per heavy atom. The van der Waals surface area contributed by atoms with E-state index in [-0.39, 0.29) is 11.1 Å². The van der Waals surface area contributed by atoms with Gasteiger partial charge >= 0.3 is 0 Å². The second kappa shape index (κ2) is 7.10. The average Bonchev–Trinajstić information content (AvgIpc) is 2.51. The molecule has 0 aliphatic heterocycles. The Kier molecular flexibility index (Phi) is 4.95. The van der Waals surface area contributed by atoms with Crippen molar-refractivity contribution in [2.45, 2.75) is 19.8 Å². The van der Waals surface area contributed by atoms with Gasteiger partial charge in [0.2, 0.25) is 0 Å². The molecule has 0 radical (unpaired) electrons. The van der Waals surface area contributed by atoms with Gasteiger partial charge in [0.25, 0.3) is 5.56 Å². The molecule has 5 nitrogen and oxygen atoms in total. The zero-order valence-corrected chi connectivity index (χ0v) is 12.2. The Morgan fingerprint density at radius 1 is 1.23 bits per heavy atom. The maximum atomic E-state index is 11.8. The van der Waals surface area contributed by atoms with Gasteiger partial charge in [0.1, 0.15) is 17.4 Å². The van der Waals surface area contributed by atoms with Crippen LogP contribution in [0.15, 0.2) is 35.1 Å². The fourth-order valence-electron chi connectivity index (χ4n) is 2.10. The van der Waals surface area contributed by atoms with E-state index in [1.807, 2.05) is 18.2 Å². The normalized spacial score (nSPS) is 9.77. The Bertz CT molecular complexity index is 793. The number of hydrogen-bond acceptors (Lipinski definition) is 4. The van der Waals surface area contributed by atoms with Gasteiger partial charge in [-0.05, 0) is 37.1 Å². The molecule has 0 atom stereocenters. The summed E-state index contributed by atoms with van der Waals surface area (Å²) in [7, 11) is 0. The number of nitriles is 2. The summed E-state index contributed by atoms with van der Waals surface area (Å²) in [6, 6.07) is 13.0. The van der Waals surface area contributed by atoms with Crippen LogP contribution in [-0.2, 0) is 0 Å². The second-order valence-corrected chi connectivity index (χ2v) is 4.82. The molecule has 22 heavy (non-hydrogen) atoms. The number of unbranched alkanes of at least 4 members (excludes halogenated alkanes) is 1. The predicted octanol–water partition coefficient (Wildman–Crippen LogP) is 2.90. The lowest BCUT2D eigenvalue weighted by atomic mass is 10.0. The first-order valence-corrected chi connectivity index (χ1v) is 6.90. The highest BCUT2D eigenvalue weighted by Crippen LogP contribution is 2.24. The van der Waals surface area contributed by atoms with E-state index in [4.69, 9.17) is 15.3 Å². The van der Waals surface area contributed by atoms with Gasteiger partial charge in [0.15, 0.2) is 0 Å². The summed E-state index contributed by atoms with van der Waals surface area (Å²) >= 11 is 0. The number of aryl methyl sites for hydroxylation is 1. The third-order valence-electron chi connectivity index (χ3n) is 3.15. The summed E-state index contributed by atoms with van der Waals surface area (Å²) in [6.45, 7) is 2.26. The molecule has 0 unspecified atom stereocenters. The Labute approximate surface area is 128 Å². The van der Waals surface area contributed by atoms with Gasteiger partial charge in [0, 0.05) is 17.7 Å². The molecule has 1 aromatic carbocycles. The van der Waals surface area contributed by atoms with Gasteiger partial charge in [-0.2, -0.15) is 10.5 Å². The summed E-state index contributed by atoms with van der Waals surface area (Å²) in [4.78, 5) is 14.4. The second-order valence-electron chi connectivity index (χ2n) is 4.82. The fraction of sp³-hybridized carbons (Fsp3) is 0.235. The van der Waals surface area contributed by atoms with E-state index in [0.29, 0.717) is 36.5 Å². The monoisotopic (exact) mass is 293 g/mol. The highest BCUT2D eigenvalue weighted by molar-refractivity contribution is 5.70. The molecule has 0 aliphatic carbocycles. The number of rotatable bonds is 5. The van der Waals surface area contributed by atoms with Crippen LogP contribution in [0.25, 0.3) is 11.1 Å². The molecule has 1 N–H and O–H groups in total. The van der Waals surface area contributed by atoms with E-state index >= 15 is 0 Å². The van der Waals surface area contributed by atoms with E-state index in [1.165, 1.54) is 0 Å². The highest BCUT2D eigenvalue weighted by Gasteiger charge is 2.10. The molecule has 0 saturated carbocycles. The molecule has 0 amide bonds. The van der Waals surface area contributed by atoms with E-state index in [9.17, 15) is 4.79 Å². The molecule has 0 aliphatic rings. The number of H-pyrrole nitrogens is 1. The third kappa shape index (κ3) is 3.53. The van der Waals surface area contributed by atoms with Crippen molar-refractivity contribution in [2.75, 3.05) is 6.61 Å². The molecule has 110 valence electrons. The highest BCUT2D eigenvalue weighted by atomic mass is 16.5. The van der Waals surface area contributed by atoms with Crippen molar-refractivity contribution in [2.24, 2.45) is 0 Å². The first-order chi connectivity index (χ1) is 10.7. The molecule has 2 aromatic rings. The van der Waals surface area contributed by atoms with Gasteiger partial charge in [-0.3, -0.25) is 4.79 Å². The van der Waals surface area contributed by atoms with Gasteiger partial charge < -0.3 is 9.72 Å². The number of benzene rings is 1. The molecule has 1 aromatic heterocycles. The Morgan fingerprint density at radius 3 is 2.59 bits per heavy atom. The molecule has 0 saturated heterocycles. The van der Waals surface area contributed by atoms with Crippen molar-refractivity contribution in [1.82, 2.24) is 4.98 Å². The molecule has 0 spiro atoms. The van der Waals surface area contributed by atoms with E-state index in [0.717, 1.165) is 5.56 Å².